The summed E-state index contributed by atoms with van der Waals surface area (Å²) in [5.74, 6) is 0.181. The lowest BCUT2D eigenvalue weighted by molar-refractivity contribution is 0.00882. The summed E-state index contributed by atoms with van der Waals surface area (Å²) < 4.78 is 0. The first kappa shape index (κ1) is 14.9. The van der Waals surface area contributed by atoms with Crippen LogP contribution < -0.4 is 5.32 Å². The molecule has 4 aliphatic heterocycles. The van der Waals surface area contributed by atoms with Crippen molar-refractivity contribution in [3.8, 4) is 0 Å². The van der Waals surface area contributed by atoms with Crippen LogP contribution in [0.4, 0.5) is 5.69 Å². The Hall–Kier alpha value is -2.40. The Labute approximate surface area is 146 Å². The van der Waals surface area contributed by atoms with Gasteiger partial charge in [-0.1, -0.05) is 12.1 Å². The van der Waals surface area contributed by atoms with Gasteiger partial charge in [0.2, 0.25) is 0 Å². The van der Waals surface area contributed by atoms with E-state index in [0.29, 0.717) is 17.0 Å². The summed E-state index contributed by atoms with van der Waals surface area (Å²) >= 11 is 0. The van der Waals surface area contributed by atoms with Crippen LogP contribution >= 0.6 is 0 Å². The highest BCUT2D eigenvalue weighted by Crippen LogP contribution is 2.38. The number of nitrogens with zero attached hydrogens (tertiary/aromatic N) is 2. The van der Waals surface area contributed by atoms with Crippen molar-refractivity contribution in [2.45, 2.75) is 18.9 Å². The monoisotopic (exact) mass is 335 g/mol. The second kappa shape index (κ2) is 5.30. The third kappa shape index (κ3) is 1.99. The molecule has 2 aromatic carbocycles. The molecule has 4 heterocycles. The Morgan fingerprint density at radius 3 is 2.36 bits per heavy atom. The molecule has 0 spiro atoms. The maximum atomic E-state index is 13.3. The van der Waals surface area contributed by atoms with Crippen LogP contribution in [-0.2, 0) is 0 Å². The van der Waals surface area contributed by atoms with E-state index in [-0.39, 0.29) is 17.9 Å². The molecule has 2 aromatic rings. The third-order valence-electron chi connectivity index (χ3n) is 6.16. The molecule has 5 heteroatoms. The summed E-state index contributed by atoms with van der Waals surface area (Å²) in [5, 5.41) is 4.89. The molecule has 25 heavy (non-hydrogen) atoms. The highest BCUT2D eigenvalue weighted by molar-refractivity contribution is 6.26. The van der Waals surface area contributed by atoms with Gasteiger partial charge in [-0.25, -0.2) is 0 Å². The van der Waals surface area contributed by atoms with Gasteiger partial charge in [0, 0.05) is 41.2 Å². The molecular weight excluding hydrogens is 314 g/mol. The third-order valence-corrected chi connectivity index (χ3v) is 6.16. The van der Waals surface area contributed by atoms with E-state index in [4.69, 9.17) is 0 Å². The molecule has 4 aliphatic rings. The summed E-state index contributed by atoms with van der Waals surface area (Å²) in [6.07, 6.45) is 2.16. The molecule has 1 N–H and O–H groups in total. The van der Waals surface area contributed by atoms with Crippen LogP contribution in [0.2, 0.25) is 0 Å². The zero-order valence-electron chi connectivity index (χ0n) is 14.3. The van der Waals surface area contributed by atoms with Crippen molar-refractivity contribution in [3.05, 3.63) is 41.5 Å². The molecule has 0 unspecified atom stereocenters. The Kier molecular flexibility index (Phi) is 3.16. The van der Waals surface area contributed by atoms with E-state index >= 15 is 0 Å². The first-order valence-electron chi connectivity index (χ1n) is 9.03. The smallest absolute Gasteiger partial charge is 0.261 e. The molecule has 3 fully saturated rings. The number of carbonyl (C=O) groups is 2. The first-order chi connectivity index (χ1) is 12.2. The van der Waals surface area contributed by atoms with Gasteiger partial charge in [0.05, 0.1) is 6.04 Å². The predicted octanol–water partition coefficient (Wildman–Crippen LogP) is 2.57. The van der Waals surface area contributed by atoms with Gasteiger partial charge in [-0.3, -0.25) is 14.5 Å². The molecule has 0 radical (unpaired) electrons. The zero-order valence-corrected chi connectivity index (χ0v) is 14.3. The van der Waals surface area contributed by atoms with Crippen molar-refractivity contribution in [2.75, 3.05) is 32.0 Å². The van der Waals surface area contributed by atoms with E-state index in [1.54, 1.807) is 4.90 Å². The fourth-order valence-electron chi connectivity index (χ4n) is 4.86. The Morgan fingerprint density at radius 2 is 1.72 bits per heavy atom. The van der Waals surface area contributed by atoms with Crippen molar-refractivity contribution in [1.82, 2.24) is 9.80 Å². The van der Waals surface area contributed by atoms with Gasteiger partial charge in [0.25, 0.3) is 11.8 Å². The summed E-state index contributed by atoms with van der Waals surface area (Å²) in [4.78, 5) is 30.5. The number of nitrogens with one attached hydrogen (secondary N) is 1. The van der Waals surface area contributed by atoms with Crippen molar-refractivity contribution in [3.63, 3.8) is 0 Å². The lowest BCUT2D eigenvalue weighted by Crippen LogP contribution is -2.60. The van der Waals surface area contributed by atoms with E-state index in [1.165, 1.54) is 0 Å². The molecule has 128 valence electrons. The van der Waals surface area contributed by atoms with Crippen LogP contribution in [-0.4, -0.2) is 54.3 Å². The minimum absolute atomic E-state index is 0.00915. The molecule has 5 nitrogen and oxygen atoms in total. The molecule has 0 aromatic heterocycles. The Morgan fingerprint density at radius 1 is 1.00 bits per heavy atom. The molecular formula is C20H21N3O2. The fraction of sp³-hybridized carbons (Fsp3) is 0.400. The number of anilines is 1. The first-order valence-corrected chi connectivity index (χ1v) is 9.03. The molecule has 6 rings (SSSR count). The number of fused-ring (bicyclic) bond motifs is 3. The molecule has 2 amide bonds. The van der Waals surface area contributed by atoms with Crippen molar-refractivity contribution < 1.29 is 9.59 Å². The number of imide groups is 1. The number of hydrogen-bond donors (Lipinski definition) is 1. The van der Waals surface area contributed by atoms with Crippen LogP contribution in [0, 0.1) is 5.92 Å². The van der Waals surface area contributed by atoms with Crippen LogP contribution in [0.15, 0.2) is 30.3 Å². The van der Waals surface area contributed by atoms with Gasteiger partial charge in [-0.05, 0) is 50.0 Å². The predicted molar refractivity (Wildman–Crippen MR) is 96.9 cm³/mol. The van der Waals surface area contributed by atoms with Crippen molar-refractivity contribution >= 4 is 28.3 Å². The SMILES string of the molecule is CNc1ccc2c3c(cccc13)C(=O)N([C@H]1CN3CCC1CC3)C2=O. The normalized spacial score (nSPS) is 27.9. The maximum Gasteiger partial charge on any atom is 0.261 e. The number of benzene rings is 2. The largest absolute Gasteiger partial charge is 0.388 e. The van der Waals surface area contributed by atoms with Crippen LogP contribution in [0.5, 0.6) is 0 Å². The Balaban J connectivity index is 1.66. The van der Waals surface area contributed by atoms with Crippen LogP contribution in [0.3, 0.4) is 0 Å². The second-order valence-corrected chi connectivity index (χ2v) is 7.32. The Bertz CT molecular complexity index is 877. The summed E-state index contributed by atoms with van der Waals surface area (Å²) in [6.45, 7) is 3.01. The summed E-state index contributed by atoms with van der Waals surface area (Å²) in [7, 11) is 1.86. The highest BCUT2D eigenvalue weighted by Gasteiger charge is 2.44. The molecule has 2 bridgehead atoms. The number of piperidine rings is 3. The van der Waals surface area contributed by atoms with Gasteiger partial charge in [0.1, 0.15) is 0 Å². The molecule has 0 saturated carbocycles. The van der Waals surface area contributed by atoms with Gasteiger partial charge in [0.15, 0.2) is 0 Å². The molecule has 0 aliphatic carbocycles. The van der Waals surface area contributed by atoms with Crippen molar-refractivity contribution in [2.24, 2.45) is 5.92 Å². The maximum absolute atomic E-state index is 13.3. The lowest BCUT2D eigenvalue weighted by Gasteiger charge is -2.49. The zero-order chi connectivity index (χ0) is 17.1. The van der Waals surface area contributed by atoms with Crippen molar-refractivity contribution in [1.29, 1.82) is 0 Å². The van der Waals surface area contributed by atoms with Crippen LogP contribution in [0.25, 0.3) is 10.8 Å². The average molecular weight is 335 g/mol. The highest BCUT2D eigenvalue weighted by atomic mass is 16.2. The number of carbonyl (C=O) groups excluding carboxylic acids is 2. The number of hydrogen-bond acceptors (Lipinski definition) is 4. The van der Waals surface area contributed by atoms with Gasteiger partial charge in [-0.2, -0.15) is 0 Å². The topological polar surface area (TPSA) is 52.7 Å². The number of rotatable bonds is 2. The fourth-order valence-corrected chi connectivity index (χ4v) is 4.86. The quantitative estimate of drug-likeness (QED) is 0.857. The van der Waals surface area contributed by atoms with Gasteiger partial charge in [-0.15, -0.1) is 0 Å². The van der Waals surface area contributed by atoms with E-state index in [2.05, 4.69) is 10.2 Å². The van der Waals surface area contributed by atoms with E-state index in [0.717, 1.165) is 48.9 Å². The lowest BCUT2D eigenvalue weighted by atomic mass is 9.81. The van der Waals surface area contributed by atoms with Gasteiger partial charge < -0.3 is 10.2 Å². The van der Waals surface area contributed by atoms with Crippen LogP contribution in [0.1, 0.15) is 33.6 Å². The number of amides is 2. The van der Waals surface area contributed by atoms with E-state index in [9.17, 15) is 9.59 Å². The molecule has 1 atom stereocenters. The minimum Gasteiger partial charge on any atom is -0.388 e. The molecule has 3 saturated heterocycles. The van der Waals surface area contributed by atoms with E-state index in [1.807, 2.05) is 37.4 Å². The minimum atomic E-state index is -0.130. The van der Waals surface area contributed by atoms with Gasteiger partial charge >= 0.3 is 0 Å². The second-order valence-electron chi connectivity index (χ2n) is 7.32. The summed E-state index contributed by atoms with van der Waals surface area (Å²) in [5.41, 5.74) is 2.25. The average Bonchev–Trinajstić information content (AvgIpc) is 2.67. The standard InChI is InChI=1S/C20H21N3O2/c1-21-16-6-5-15-18-13(16)3-2-4-14(18)19(24)23(20(15)25)17-11-22-9-7-12(17)8-10-22/h2-6,12,17,21H,7-11H2,1H3/t17-/m0/s1. The summed E-state index contributed by atoms with van der Waals surface area (Å²) in [6, 6.07) is 9.54. The van der Waals surface area contributed by atoms with E-state index < -0.39 is 0 Å².